The van der Waals surface area contributed by atoms with Crippen LogP contribution < -0.4 is 11.5 Å². The maximum Gasteiger partial charge on any atom is 0.164 e. The highest BCUT2D eigenvalue weighted by molar-refractivity contribution is 6.31. The lowest BCUT2D eigenvalue weighted by atomic mass is 10.0. The van der Waals surface area contributed by atoms with Crippen LogP contribution in [0.25, 0.3) is 0 Å². The van der Waals surface area contributed by atoms with E-state index in [0.717, 1.165) is 12.8 Å². The lowest BCUT2D eigenvalue weighted by molar-refractivity contribution is 0.605. The van der Waals surface area contributed by atoms with Crippen LogP contribution in [0, 0.1) is 11.7 Å². The SMILES string of the molecule is Nc1ccc([C@H](N)C2CC2)c(Cl)c1F. The van der Waals surface area contributed by atoms with Crippen LogP contribution in [0.5, 0.6) is 0 Å². The molecule has 0 spiro atoms. The summed E-state index contributed by atoms with van der Waals surface area (Å²) in [5.41, 5.74) is 12.0. The van der Waals surface area contributed by atoms with Crippen LogP contribution in [0.3, 0.4) is 0 Å². The fourth-order valence-corrected chi connectivity index (χ4v) is 1.84. The van der Waals surface area contributed by atoms with E-state index in [0.29, 0.717) is 11.5 Å². The molecule has 0 radical (unpaired) electrons. The molecule has 4 N–H and O–H groups in total. The molecule has 1 saturated carbocycles. The van der Waals surface area contributed by atoms with Gasteiger partial charge in [0.2, 0.25) is 0 Å². The molecule has 0 saturated heterocycles. The Labute approximate surface area is 87.0 Å². The predicted molar refractivity (Wildman–Crippen MR) is 55.5 cm³/mol. The smallest absolute Gasteiger partial charge is 0.164 e. The topological polar surface area (TPSA) is 52.0 Å². The average molecular weight is 215 g/mol. The molecule has 1 aromatic rings. The van der Waals surface area contributed by atoms with Crippen LogP contribution >= 0.6 is 11.6 Å². The lowest BCUT2D eigenvalue weighted by Crippen LogP contribution is -2.13. The highest BCUT2D eigenvalue weighted by Crippen LogP contribution is 2.42. The van der Waals surface area contributed by atoms with Gasteiger partial charge in [0.05, 0.1) is 10.7 Å². The maximum absolute atomic E-state index is 13.3. The predicted octanol–water partition coefficient (Wildman–Crippen LogP) is 2.47. The first-order valence-corrected chi connectivity index (χ1v) is 4.98. The van der Waals surface area contributed by atoms with Crippen molar-refractivity contribution in [2.45, 2.75) is 18.9 Å². The number of halogens is 2. The number of nitrogens with two attached hydrogens (primary N) is 2. The van der Waals surface area contributed by atoms with E-state index >= 15 is 0 Å². The Balaban J connectivity index is 2.38. The van der Waals surface area contributed by atoms with Gasteiger partial charge in [-0.05, 0) is 30.4 Å². The van der Waals surface area contributed by atoms with Crippen molar-refractivity contribution < 1.29 is 4.39 Å². The van der Waals surface area contributed by atoms with Crippen LogP contribution in [0.15, 0.2) is 12.1 Å². The molecule has 1 aromatic carbocycles. The molecule has 0 heterocycles. The standard InChI is InChI=1S/C10H12ClFN2/c11-8-6(10(14)5-1-2-5)3-4-7(13)9(8)12/h3-5,10H,1-2,13-14H2/t10-/m1/s1. The van der Waals surface area contributed by atoms with E-state index in [1.807, 2.05) is 0 Å². The van der Waals surface area contributed by atoms with Crippen molar-refractivity contribution in [1.29, 1.82) is 0 Å². The minimum atomic E-state index is -0.555. The van der Waals surface area contributed by atoms with Crippen LogP contribution in [0.4, 0.5) is 10.1 Å². The van der Waals surface area contributed by atoms with Gasteiger partial charge >= 0.3 is 0 Å². The van der Waals surface area contributed by atoms with Gasteiger partial charge in [-0.15, -0.1) is 0 Å². The molecule has 1 atom stereocenters. The molecule has 1 aliphatic rings. The van der Waals surface area contributed by atoms with Gasteiger partial charge < -0.3 is 11.5 Å². The van der Waals surface area contributed by atoms with Gasteiger partial charge in [-0.2, -0.15) is 0 Å². The first kappa shape index (κ1) is 9.74. The molecule has 1 fully saturated rings. The van der Waals surface area contributed by atoms with Crippen molar-refractivity contribution in [3.63, 3.8) is 0 Å². The Bertz CT molecular complexity index is 363. The quantitative estimate of drug-likeness (QED) is 0.744. The number of anilines is 1. The Morgan fingerprint density at radius 2 is 2.07 bits per heavy atom. The molecule has 76 valence electrons. The third-order valence-electron chi connectivity index (χ3n) is 2.63. The molecule has 0 bridgehead atoms. The van der Waals surface area contributed by atoms with Crippen LogP contribution in [-0.2, 0) is 0 Å². The van der Waals surface area contributed by atoms with Crippen molar-refractivity contribution >= 4 is 17.3 Å². The second-order valence-corrected chi connectivity index (χ2v) is 4.11. The number of hydrogen-bond donors (Lipinski definition) is 2. The highest BCUT2D eigenvalue weighted by atomic mass is 35.5. The summed E-state index contributed by atoms with van der Waals surface area (Å²) in [5.74, 6) is -0.101. The van der Waals surface area contributed by atoms with E-state index in [9.17, 15) is 4.39 Å². The number of benzene rings is 1. The summed E-state index contributed by atoms with van der Waals surface area (Å²) < 4.78 is 13.3. The molecule has 2 rings (SSSR count). The minimum absolute atomic E-state index is 0.0711. The molecule has 0 aromatic heterocycles. The molecule has 0 unspecified atom stereocenters. The number of hydrogen-bond acceptors (Lipinski definition) is 2. The molecule has 14 heavy (non-hydrogen) atoms. The van der Waals surface area contributed by atoms with E-state index in [1.165, 1.54) is 6.07 Å². The van der Waals surface area contributed by atoms with E-state index in [-0.39, 0.29) is 16.8 Å². The van der Waals surface area contributed by atoms with Crippen molar-refractivity contribution in [3.05, 3.63) is 28.5 Å². The van der Waals surface area contributed by atoms with Gasteiger partial charge in [-0.3, -0.25) is 0 Å². The molecule has 0 amide bonds. The number of rotatable bonds is 2. The monoisotopic (exact) mass is 214 g/mol. The summed E-state index contributed by atoms with van der Waals surface area (Å²) in [5, 5.41) is 0.0735. The zero-order valence-electron chi connectivity index (χ0n) is 7.63. The van der Waals surface area contributed by atoms with E-state index in [2.05, 4.69) is 0 Å². The molecule has 1 aliphatic carbocycles. The number of nitrogen functional groups attached to an aromatic ring is 1. The summed E-state index contributed by atoms with van der Waals surface area (Å²) in [6.45, 7) is 0. The Hall–Kier alpha value is -0.800. The summed E-state index contributed by atoms with van der Waals surface area (Å²) in [6, 6.07) is 3.07. The van der Waals surface area contributed by atoms with Crippen LogP contribution in [0.2, 0.25) is 5.02 Å². The summed E-state index contributed by atoms with van der Waals surface area (Å²) in [4.78, 5) is 0. The largest absolute Gasteiger partial charge is 0.396 e. The zero-order chi connectivity index (χ0) is 10.3. The van der Waals surface area contributed by atoms with E-state index in [4.69, 9.17) is 23.1 Å². The second kappa shape index (κ2) is 3.41. The molecular formula is C10H12ClFN2. The lowest BCUT2D eigenvalue weighted by Gasteiger charge is -2.13. The van der Waals surface area contributed by atoms with E-state index < -0.39 is 5.82 Å². The van der Waals surface area contributed by atoms with Gasteiger partial charge in [-0.25, -0.2) is 4.39 Å². The second-order valence-electron chi connectivity index (χ2n) is 3.74. The maximum atomic E-state index is 13.3. The first-order chi connectivity index (χ1) is 6.61. The summed E-state index contributed by atoms with van der Waals surface area (Å²) >= 11 is 5.83. The van der Waals surface area contributed by atoms with Crippen LogP contribution in [0.1, 0.15) is 24.4 Å². The third kappa shape index (κ3) is 1.57. The van der Waals surface area contributed by atoms with Gasteiger partial charge in [-0.1, -0.05) is 17.7 Å². The fourth-order valence-electron chi connectivity index (χ4n) is 1.55. The van der Waals surface area contributed by atoms with Gasteiger partial charge in [0, 0.05) is 6.04 Å². The van der Waals surface area contributed by atoms with Crippen molar-refractivity contribution in [2.24, 2.45) is 11.7 Å². The van der Waals surface area contributed by atoms with Crippen LogP contribution in [-0.4, -0.2) is 0 Å². The highest BCUT2D eigenvalue weighted by Gasteiger charge is 2.31. The van der Waals surface area contributed by atoms with Crippen molar-refractivity contribution in [1.82, 2.24) is 0 Å². The van der Waals surface area contributed by atoms with Gasteiger partial charge in [0.25, 0.3) is 0 Å². The van der Waals surface area contributed by atoms with Crippen molar-refractivity contribution in [3.8, 4) is 0 Å². The first-order valence-electron chi connectivity index (χ1n) is 4.60. The summed E-state index contributed by atoms with van der Waals surface area (Å²) in [7, 11) is 0. The Kier molecular flexibility index (Phi) is 2.37. The zero-order valence-corrected chi connectivity index (χ0v) is 8.39. The Morgan fingerprint density at radius 1 is 1.43 bits per heavy atom. The summed E-state index contributed by atoms with van der Waals surface area (Å²) in [6.07, 6.45) is 2.20. The molecular weight excluding hydrogens is 203 g/mol. The van der Waals surface area contributed by atoms with E-state index in [1.54, 1.807) is 6.07 Å². The molecule has 0 aliphatic heterocycles. The third-order valence-corrected chi connectivity index (χ3v) is 3.02. The minimum Gasteiger partial charge on any atom is -0.396 e. The average Bonchev–Trinajstić information content (AvgIpc) is 2.97. The Morgan fingerprint density at radius 3 is 2.64 bits per heavy atom. The van der Waals surface area contributed by atoms with Gasteiger partial charge in [0.15, 0.2) is 5.82 Å². The molecule has 4 heteroatoms. The molecule has 2 nitrogen and oxygen atoms in total. The van der Waals surface area contributed by atoms with Gasteiger partial charge in [0.1, 0.15) is 0 Å². The normalized spacial score (nSPS) is 18.2. The fraction of sp³-hybridized carbons (Fsp3) is 0.400. The van der Waals surface area contributed by atoms with Crippen molar-refractivity contribution in [2.75, 3.05) is 5.73 Å².